The molecule has 0 saturated carbocycles. The number of rotatable bonds is 6. The standard InChI is InChI=1S/C16H24ClN3O2/c1-12(5-4-10-21)18-16(22)19-13-6-7-15(14(17)11-13)20-8-2-3-9-20/h6-7,11-12,21H,2-5,8-10H2,1H3,(H2,18,19,22). The van der Waals surface area contributed by atoms with Crippen molar-refractivity contribution in [2.45, 2.75) is 38.6 Å². The number of aliphatic hydroxyl groups is 1. The van der Waals surface area contributed by atoms with Gasteiger partial charge in [-0.1, -0.05) is 11.6 Å². The first-order valence-corrected chi connectivity index (χ1v) is 8.21. The summed E-state index contributed by atoms with van der Waals surface area (Å²) >= 11 is 6.33. The minimum absolute atomic E-state index is 0.0199. The fraction of sp³-hybridized carbons (Fsp3) is 0.562. The Kier molecular flexibility index (Phi) is 6.34. The molecule has 0 aliphatic carbocycles. The molecule has 0 radical (unpaired) electrons. The number of hydrogen-bond donors (Lipinski definition) is 3. The Morgan fingerprint density at radius 2 is 2.14 bits per heavy atom. The Hall–Kier alpha value is -1.46. The zero-order chi connectivity index (χ0) is 15.9. The van der Waals surface area contributed by atoms with Crippen molar-refractivity contribution >= 4 is 29.0 Å². The summed E-state index contributed by atoms with van der Waals surface area (Å²) in [4.78, 5) is 14.2. The number of halogens is 1. The molecule has 1 aromatic rings. The van der Waals surface area contributed by atoms with Crippen LogP contribution >= 0.6 is 11.6 Å². The SMILES string of the molecule is CC(CCCO)NC(=O)Nc1ccc(N2CCCC2)c(Cl)c1. The minimum Gasteiger partial charge on any atom is -0.396 e. The van der Waals surface area contributed by atoms with Crippen LogP contribution in [0.5, 0.6) is 0 Å². The molecule has 0 bridgehead atoms. The number of carbonyl (C=O) groups excluding carboxylic acids is 1. The molecule has 1 saturated heterocycles. The van der Waals surface area contributed by atoms with Gasteiger partial charge in [-0.05, 0) is 50.8 Å². The smallest absolute Gasteiger partial charge is 0.319 e. The van der Waals surface area contributed by atoms with Crippen LogP contribution in [-0.4, -0.2) is 36.9 Å². The van der Waals surface area contributed by atoms with Gasteiger partial charge in [0.25, 0.3) is 0 Å². The number of nitrogens with zero attached hydrogens (tertiary/aromatic N) is 1. The third-order valence-electron chi connectivity index (χ3n) is 3.83. The van der Waals surface area contributed by atoms with E-state index < -0.39 is 0 Å². The largest absolute Gasteiger partial charge is 0.396 e. The maximum Gasteiger partial charge on any atom is 0.319 e. The number of benzene rings is 1. The summed E-state index contributed by atoms with van der Waals surface area (Å²) < 4.78 is 0. The van der Waals surface area contributed by atoms with Gasteiger partial charge in [0.05, 0.1) is 10.7 Å². The molecule has 122 valence electrons. The first-order chi connectivity index (χ1) is 10.6. The van der Waals surface area contributed by atoms with Crippen molar-refractivity contribution in [3.63, 3.8) is 0 Å². The molecule has 0 aromatic heterocycles. The molecule has 2 rings (SSSR count). The summed E-state index contributed by atoms with van der Waals surface area (Å²) in [6.07, 6.45) is 3.82. The van der Waals surface area contributed by atoms with Gasteiger partial charge in [0.2, 0.25) is 0 Å². The normalized spacial score (nSPS) is 15.7. The molecule has 0 spiro atoms. The van der Waals surface area contributed by atoms with Gasteiger partial charge in [0.1, 0.15) is 0 Å². The Morgan fingerprint density at radius 3 is 2.77 bits per heavy atom. The first kappa shape index (κ1) is 16.9. The van der Waals surface area contributed by atoms with Crippen LogP contribution in [0.25, 0.3) is 0 Å². The molecule has 1 aromatic carbocycles. The number of amides is 2. The van der Waals surface area contributed by atoms with Crippen LogP contribution in [0.15, 0.2) is 18.2 Å². The Balaban J connectivity index is 1.90. The zero-order valence-corrected chi connectivity index (χ0v) is 13.7. The van der Waals surface area contributed by atoms with E-state index in [4.69, 9.17) is 16.7 Å². The number of anilines is 2. The maximum absolute atomic E-state index is 11.9. The van der Waals surface area contributed by atoms with Crippen LogP contribution in [0.3, 0.4) is 0 Å². The van der Waals surface area contributed by atoms with Crippen molar-refractivity contribution in [3.05, 3.63) is 23.2 Å². The molecule has 6 heteroatoms. The lowest BCUT2D eigenvalue weighted by molar-refractivity contribution is 0.245. The van der Waals surface area contributed by atoms with E-state index in [2.05, 4.69) is 15.5 Å². The third kappa shape index (κ3) is 4.78. The van der Waals surface area contributed by atoms with Crippen LogP contribution < -0.4 is 15.5 Å². The molecule has 22 heavy (non-hydrogen) atoms. The van der Waals surface area contributed by atoms with Crippen molar-refractivity contribution < 1.29 is 9.90 Å². The fourth-order valence-electron chi connectivity index (χ4n) is 2.66. The molecule has 1 heterocycles. The van der Waals surface area contributed by atoms with E-state index in [1.807, 2.05) is 19.1 Å². The fourth-order valence-corrected chi connectivity index (χ4v) is 2.96. The second kappa shape index (κ2) is 8.25. The molecule has 1 aliphatic rings. The average molecular weight is 326 g/mol. The predicted molar refractivity (Wildman–Crippen MR) is 90.8 cm³/mol. The van der Waals surface area contributed by atoms with E-state index in [1.165, 1.54) is 12.8 Å². The summed E-state index contributed by atoms with van der Waals surface area (Å²) in [6, 6.07) is 5.38. The molecular weight excluding hydrogens is 302 g/mol. The number of hydrogen-bond acceptors (Lipinski definition) is 3. The molecular formula is C16H24ClN3O2. The monoisotopic (exact) mass is 325 g/mol. The summed E-state index contributed by atoms with van der Waals surface area (Å²) in [7, 11) is 0. The van der Waals surface area contributed by atoms with E-state index in [0.717, 1.165) is 25.2 Å². The van der Waals surface area contributed by atoms with E-state index in [0.29, 0.717) is 17.1 Å². The van der Waals surface area contributed by atoms with Crippen molar-refractivity contribution in [1.29, 1.82) is 0 Å². The Morgan fingerprint density at radius 1 is 1.41 bits per heavy atom. The van der Waals surface area contributed by atoms with Gasteiger partial charge in [0.15, 0.2) is 0 Å². The topological polar surface area (TPSA) is 64.6 Å². The molecule has 1 atom stereocenters. The summed E-state index contributed by atoms with van der Waals surface area (Å²) in [5.41, 5.74) is 1.71. The molecule has 1 aliphatic heterocycles. The van der Waals surface area contributed by atoms with Crippen molar-refractivity contribution in [3.8, 4) is 0 Å². The van der Waals surface area contributed by atoms with Crippen molar-refractivity contribution in [1.82, 2.24) is 5.32 Å². The van der Waals surface area contributed by atoms with E-state index in [9.17, 15) is 4.79 Å². The first-order valence-electron chi connectivity index (χ1n) is 7.83. The van der Waals surface area contributed by atoms with Crippen molar-refractivity contribution in [2.24, 2.45) is 0 Å². The van der Waals surface area contributed by atoms with Gasteiger partial charge in [0, 0.05) is 31.4 Å². The molecule has 3 N–H and O–H groups in total. The Bertz CT molecular complexity index is 504. The van der Waals surface area contributed by atoms with E-state index in [1.54, 1.807) is 6.07 Å². The van der Waals surface area contributed by atoms with E-state index >= 15 is 0 Å². The van der Waals surface area contributed by atoms with Gasteiger partial charge >= 0.3 is 6.03 Å². The third-order valence-corrected chi connectivity index (χ3v) is 4.13. The number of carbonyl (C=O) groups is 1. The second-order valence-electron chi connectivity index (χ2n) is 5.73. The minimum atomic E-state index is -0.254. The van der Waals surface area contributed by atoms with Gasteiger partial charge in [-0.3, -0.25) is 0 Å². The van der Waals surface area contributed by atoms with Gasteiger partial charge in [-0.2, -0.15) is 0 Å². The summed E-state index contributed by atoms with van der Waals surface area (Å²) in [5.74, 6) is 0. The maximum atomic E-state index is 11.9. The number of aliphatic hydroxyl groups excluding tert-OH is 1. The zero-order valence-electron chi connectivity index (χ0n) is 12.9. The highest BCUT2D eigenvalue weighted by atomic mass is 35.5. The molecule has 2 amide bonds. The highest BCUT2D eigenvalue weighted by molar-refractivity contribution is 6.33. The number of nitrogens with one attached hydrogen (secondary N) is 2. The van der Waals surface area contributed by atoms with Gasteiger partial charge in [-0.25, -0.2) is 4.79 Å². The lowest BCUT2D eigenvalue weighted by Gasteiger charge is -2.20. The predicted octanol–water partition coefficient (Wildman–Crippen LogP) is 3.22. The van der Waals surface area contributed by atoms with Crippen LogP contribution in [0.1, 0.15) is 32.6 Å². The molecule has 5 nitrogen and oxygen atoms in total. The van der Waals surface area contributed by atoms with Crippen LogP contribution in [0.2, 0.25) is 5.02 Å². The summed E-state index contributed by atoms with van der Waals surface area (Å²) in [5, 5.41) is 15.1. The van der Waals surface area contributed by atoms with Gasteiger partial charge < -0.3 is 20.6 Å². The second-order valence-corrected chi connectivity index (χ2v) is 6.13. The van der Waals surface area contributed by atoms with Crippen LogP contribution in [0.4, 0.5) is 16.2 Å². The van der Waals surface area contributed by atoms with Crippen LogP contribution in [-0.2, 0) is 0 Å². The average Bonchev–Trinajstić information content (AvgIpc) is 2.99. The lowest BCUT2D eigenvalue weighted by atomic mass is 10.2. The number of urea groups is 1. The van der Waals surface area contributed by atoms with Crippen LogP contribution in [0, 0.1) is 0 Å². The Labute approximate surface area is 136 Å². The molecule has 1 unspecified atom stereocenters. The highest BCUT2D eigenvalue weighted by Gasteiger charge is 2.15. The quantitative estimate of drug-likeness (QED) is 0.752. The van der Waals surface area contributed by atoms with Crippen molar-refractivity contribution in [2.75, 3.05) is 29.9 Å². The van der Waals surface area contributed by atoms with Gasteiger partial charge in [-0.15, -0.1) is 0 Å². The lowest BCUT2D eigenvalue weighted by Crippen LogP contribution is -2.36. The summed E-state index contributed by atoms with van der Waals surface area (Å²) in [6.45, 7) is 4.13. The van der Waals surface area contributed by atoms with E-state index in [-0.39, 0.29) is 18.7 Å². The highest BCUT2D eigenvalue weighted by Crippen LogP contribution is 2.31. The molecule has 1 fully saturated rings.